The Hall–Kier alpha value is -3.47. The van der Waals surface area contributed by atoms with Crippen LogP contribution in [0.1, 0.15) is 59.8 Å². The van der Waals surface area contributed by atoms with Gasteiger partial charge < -0.3 is 24.7 Å². The number of rotatable bonds is 9. The van der Waals surface area contributed by atoms with Crippen molar-refractivity contribution in [2.45, 2.75) is 64.7 Å². The maximum absolute atomic E-state index is 13.7. The molecule has 40 heavy (non-hydrogen) atoms. The van der Waals surface area contributed by atoms with E-state index in [2.05, 4.69) is 15.2 Å². The Morgan fingerprint density at radius 1 is 1.20 bits per heavy atom. The summed E-state index contributed by atoms with van der Waals surface area (Å²) in [4.78, 5) is 32.4. The number of hydrogen-bond acceptors (Lipinski definition) is 6. The van der Waals surface area contributed by atoms with Crippen molar-refractivity contribution in [3.05, 3.63) is 57.2 Å². The molecule has 0 radical (unpaired) electrons. The average Bonchev–Trinajstić information content (AvgIpc) is 3.59. The maximum atomic E-state index is 13.7. The number of carbonyl (C=O) groups is 1. The first kappa shape index (κ1) is 28.1. The predicted molar refractivity (Wildman–Crippen MR) is 146 cm³/mol. The first-order chi connectivity index (χ1) is 19.0. The number of aromatic amines is 1. The molecule has 2 aliphatic rings. The molecule has 0 atom stereocenters. The molecule has 3 heterocycles. The Bertz CT molecular complexity index is 1440. The fourth-order valence-corrected chi connectivity index (χ4v) is 5.81. The molecule has 3 aromatic rings. The van der Waals surface area contributed by atoms with Gasteiger partial charge in [-0.25, -0.2) is 0 Å². The Kier molecular flexibility index (Phi) is 7.85. The molecule has 1 saturated heterocycles. The van der Waals surface area contributed by atoms with Crippen LogP contribution in [0.2, 0.25) is 0 Å². The van der Waals surface area contributed by atoms with Crippen molar-refractivity contribution in [3.63, 3.8) is 0 Å². The van der Waals surface area contributed by atoms with E-state index in [-0.39, 0.29) is 23.9 Å². The number of pyridine rings is 1. The summed E-state index contributed by atoms with van der Waals surface area (Å²) in [5.74, 6) is -0.0680. The Balaban J connectivity index is 1.46. The highest BCUT2D eigenvalue weighted by Crippen LogP contribution is 2.39. The third-order valence-corrected chi connectivity index (χ3v) is 7.96. The second-order valence-corrected chi connectivity index (χ2v) is 11.0. The van der Waals surface area contributed by atoms with Gasteiger partial charge in [0.15, 0.2) is 0 Å². The number of piperidine rings is 1. The van der Waals surface area contributed by atoms with E-state index in [4.69, 9.17) is 4.42 Å². The first-order valence-corrected chi connectivity index (χ1v) is 13.8. The zero-order chi connectivity index (χ0) is 28.6. The molecule has 2 aromatic heterocycles. The summed E-state index contributed by atoms with van der Waals surface area (Å²) in [6.45, 7) is 4.07. The standard InChI is InChI=1S/C29H35F3N4O4/c1-3-20-23(36(15-18-4-5-18)19-6-9-35(10-7-19)16-29(30,31)32)13-25-21(8-11-40-25)26(20)28(39)33-14-22-24(37)12-17(2)34-27(22)38/h8,11-13,18-19H,3-7,9-10,14-16H2,1-2H3,(H,33,39)(H2,34,37,38). The highest BCUT2D eigenvalue weighted by molar-refractivity contribution is 6.09. The van der Waals surface area contributed by atoms with Crippen LogP contribution in [0.15, 0.2) is 33.7 Å². The minimum Gasteiger partial charge on any atom is -0.507 e. The summed E-state index contributed by atoms with van der Waals surface area (Å²) >= 11 is 0. The summed E-state index contributed by atoms with van der Waals surface area (Å²) in [6, 6.07) is 5.17. The fraction of sp³-hybridized carbons (Fsp3) is 0.517. The van der Waals surface area contributed by atoms with Gasteiger partial charge in [-0.15, -0.1) is 0 Å². The third kappa shape index (κ3) is 6.14. The van der Waals surface area contributed by atoms with E-state index in [0.717, 1.165) is 30.6 Å². The van der Waals surface area contributed by atoms with Crippen molar-refractivity contribution < 1.29 is 27.5 Å². The number of nitrogens with zero attached hydrogens (tertiary/aromatic N) is 2. The Labute approximate surface area is 230 Å². The van der Waals surface area contributed by atoms with Crippen molar-refractivity contribution in [2.75, 3.05) is 31.1 Å². The maximum Gasteiger partial charge on any atom is 0.401 e. The molecule has 3 N–H and O–H groups in total. The molecule has 0 bridgehead atoms. The van der Waals surface area contributed by atoms with E-state index in [9.17, 15) is 27.9 Å². The van der Waals surface area contributed by atoms with Crippen LogP contribution in [0.3, 0.4) is 0 Å². The zero-order valence-corrected chi connectivity index (χ0v) is 22.7. The number of amides is 1. The quantitative estimate of drug-likeness (QED) is 0.345. The molecule has 11 heteroatoms. The first-order valence-electron chi connectivity index (χ1n) is 13.8. The zero-order valence-electron chi connectivity index (χ0n) is 22.7. The van der Waals surface area contributed by atoms with Gasteiger partial charge >= 0.3 is 6.18 Å². The number of carbonyl (C=O) groups excluding carboxylic acids is 1. The van der Waals surface area contributed by atoms with E-state index in [1.54, 1.807) is 13.0 Å². The number of benzene rings is 1. The molecular formula is C29H35F3N4O4. The average molecular weight is 561 g/mol. The SMILES string of the molecule is CCc1c(N(CC2CC2)C2CCN(CC(F)(F)F)CC2)cc2occc2c1C(=O)NCc1c(O)cc(C)[nH]c1=O. The topological polar surface area (TPSA) is 102 Å². The van der Waals surface area contributed by atoms with Crippen LogP contribution in [0.4, 0.5) is 18.9 Å². The molecular weight excluding hydrogens is 525 g/mol. The lowest BCUT2D eigenvalue weighted by atomic mass is 9.94. The summed E-state index contributed by atoms with van der Waals surface area (Å²) < 4.78 is 44.7. The molecule has 0 spiro atoms. The molecule has 2 fully saturated rings. The van der Waals surface area contributed by atoms with Gasteiger partial charge in [-0.2, -0.15) is 13.2 Å². The van der Waals surface area contributed by atoms with Gasteiger partial charge in [0, 0.05) is 48.5 Å². The van der Waals surface area contributed by atoms with Gasteiger partial charge in [0.1, 0.15) is 11.3 Å². The second-order valence-electron chi connectivity index (χ2n) is 11.0. The van der Waals surface area contributed by atoms with Crippen LogP contribution >= 0.6 is 0 Å². The van der Waals surface area contributed by atoms with Crippen LogP contribution < -0.4 is 15.8 Å². The number of aryl methyl sites for hydroxylation is 1. The normalized spacial score (nSPS) is 16.9. The molecule has 8 nitrogen and oxygen atoms in total. The highest BCUT2D eigenvalue weighted by Gasteiger charge is 2.36. The number of anilines is 1. The number of fused-ring (bicyclic) bond motifs is 1. The van der Waals surface area contributed by atoms with Crippen molar-refractivity contribution in [2.24, 2.45) is 5.92 Å². The van der Waals surface area contributed by atoms with Gasteiger partial charge in [0.05, 0.1) is 30.5 Å². The molecule has 5 rings (SSSR count). The van der Waals surface area contributed by atoms with E-state index in [0.29, 0.717) is 60.5 Å². The lowest BCUT2D eigenvalue weighted by Gasteiger charge is -2.41. The lowest BCUT2D eigenvalue weighted by Crippen LogP contribution is -2.48. The number of furan rings is 1. The summed E-state index contributed by atoms with van der Waals surface area (Å²) in [5.41, 5.74) is 2.80. The van der Waals surface area contributed by atoms with Crippen molar-refractivity contribution in [3.8, 4) is 5.75 Å². The number of hydrogen-bond donors (Lipinski definition) is 3. The van der Waals surface area contributed by atoms with Crippen LogP contribution in [0.25, 0.3) is 11.0 Å². The minimum absolute atomic E-state index is 0.0433. The number of aromatic hydroxyl groups is 1. The van der Waals surface area contributed by atoms with E-state index in [1.165, 1.54) is 17.2 Å². The number of halogens is 3. The van der Waals surface area contributed by atoms with Crippen LogP contribution in [-0.2, 0) is 13.0 Å². The highest BCUT2D eigenvalue weighted by atomic mass is 19.4. The Morgan fingerprint density at radius 3 is 2.55 bits per heavy atom. The number of likely N-dealkylation sites (tertiary alicyclic amines) is 1. The molecule has 216 valence electrons. The van der Waals surface area contributed by atoms with Crippen LogP contribution in [0, 0.1) is 12.8 Å². The van der Waals surface area contributed by atoms with Crippen LogP contribution in [0.5, 0.6) is 5.75 Å². The van der Waals surface area contributed by atoms with Gasteiger partial charge in [-0.1, -0.05) is 6.92 Å². The monoisotopic (exact) mass is 560 g/mol. The van der Waals surface area contributed by atoms with Gasteiger partial charge in [-0.05, 0) is 62.6 Å². The van der Waals surface area contributed by atoms with Crippen LogP contribution in [-0.4, -0.2) is 59.3 Å². The summed E-state index contributed by atoms with van der Waals surface area (Å²) in [7, 11) is 0. The second kappa shape index (κ2) is 11.2. The van der Waals surface area contributed by atoms with Gasteiger partial charge in [0.25, 0.3) is 11.5 Å². The fourth-order valence-electron chi connectivity index (χ4n) is 5.81. The molecule has 1 aliphatic heterocycles. The van der Waals surface area contributed by atoms with Gasteiger partial charge in [-0.3, -0.25) is 14.5 Å². The lowest BCUT2D eigenvalue weighted by molar-refractivity contribution is -0.147. The van der Waals surface area contributed by atoms with E-state index < -0.39 is 24.2 Å². The van der Waals surface area contributed by atoms with E-state index >= 15 is 0 Å². The Morgan fingerprint density at radius 2 is 1.93 bits per heavy atom. The van der Waals surface area contributed by atoms with Gasteiger partial charge in [0.2, 0.25) is 0 Å². The molecule has 1 saturated carbocycles. The van der Waals surface area contributed by atoms with Crippen molar-refractivity contribution >= 4 is 22.6 Å². The number of H-pyrrole nitrogens is 1. The third-order valence-electron chi connectivity index (χ3n) is 7.96. The molecule has 1 aliphatic carbocycles. The predicted octanol–water partition coefficient (Wildman–Crippen LogP) is 4.87. The van der Waals surface area contributed by atoms with E-state index in [1.807, 2.05) is 13.0 Å². The summed E-state index contributed by atoms with van der Waals surface area (Å²) in [5, 5.41) is 13.7. The number of nitrogens with one attached hydrogen (secondary N) is 2. The summed E-state index contributed by atoms with van der Waals surface area (Å²) in [6.07, 6.45) is 1.26. The number of alkyl halides is 3. The largest absolute Gasteiger partial charge is 0.507 e. The molecule has 0 unspecified atom stereocenters. The smallest absolute Gasteiger partial charge is 0.401 e. The molecule has 1 amide bonds. The van der Waals surface area contributed by atoms with Crippen molar-refractivity contribution in [1.29, 1.82) is 0 Å². The van der Waals surface area contributed by atoms with Crippen molar-refractivity contribution in [1.82, 2.24) is 15.2 Å². The molecule has 1 aromatic carbocycles. The number of aromatic nitrogens is 1. The minimum atomic E-state index is -4.22.